The number of nitrogens with one attached hydrogen (secondary N) is 1. The van der Waals surface area contributed by atoms with Crippen LogP contribution < -0.4 is 5.32 Å². The van der Waals surface area contributed by atoms with Crippen LogP contribution >= 0.6 is 0 Å². The Kier molecular flexibility index (Phi) is 5.00. The molecular weight excluding hydrogens is 252 g/mol. The highest BCUT2D eigenvalue weighted by Crippen LogP contribution is 2.20. The van der Waals surface area contributed by atoms with E-state index in [1.165, 1.54) is 6.07 Å². The first-order valence-corrected chi connectivity index (χ1v) is 6.13. The topological polar surface area (TPSA) is 49.3 Å². The maximum Gasteiger partial charge on any atom is 0.220 e. The lowest BCUT2D eigenvalue weighted by atomic mass is 10.0. The Bertz CT molecular complexity index is 455. The largest absolute Gasteiger partial charge is 0.388 e. The SMILES string of the molecule is CC(C)(C)NC(=O)CCC(O)c1ccc(F)c(F)c1. The fourth-order valence-corrected chi connectivity index (χ4v) is 1.63. The molecule has 0 bridgehead atoms. The van der Waals surface area contributed by atoms with Crippen molar-refractivity contribution >= 4 is 5.91 Å². The quantitative estimate of drug-likeness (QED) is 0.884. The van der Waals surface area contributed by atoms with E-state index in [-0.39, 0.29) is 29.9 Å². The maximum atomic E-state index is 13.0. The van der Waals surface area contributed by atoms with Gasteiger partial charge < -0.3 is 10.4 Å². The number of halogens is 2. The van der Waals surface area contributed by atoms with E-state index in [4.69, 9.17) is 0 Å². The van der Waals surface area contributed by atoms with E-state index in [0.717, 1.165) is 12.1 Å². The number of aliphatic hydroxyl groups is 1. The van der Waals surface area contributed by atoms with Crippen LogP contribution in [0, 0.1) is 11.6 Å². The standard InChI is InChI=1S/C14H19F2NO2/c1-14(2,3)17-13(19)7-6-12(18)9-4-5-10(15)11(16)8-9/h4-5,8,12,18H,6-7H2,1-3H3,(H,17,19). The molecule has 1 aromatic rings. The Labute approximate surface area is 111 Å². The summed E-state index contributed by atoms with van der Waals surface area (Å²) in [7, 11) is 0. The number of benzene rings is 1. The number of carbonyl (C=O) groups excluding carboxylic acids is 1. The van der Waals surface area contributed by atoms with Crippen molar-refractivity contribution < 1.29 is 18.7 Å². The summed E-state index contributed by atoms with van der Waals surface area (Å²) in [6.07, 6.45) is -0.703. The van der Waals surface area contributed by atoms with Gasteiger partial charge in [-0.25, -0.2) is 8.78 Å². The third-order valence-corrected chi connectivity index (χ3v) is 2.49. The van der Waals surface area contributed by atoms with Crippen LogP contribution in [0.4, 0.5) is 8.78 Å². The van der Waals surface area contributed by atoms with Crippen LogP contribution in [0.2, 0.25) is 0 Å². The van der Waals surface area contributed by atoms with Crippen LogP contribution in [0.15, 0.2) is 18.2 Å². The number of rotatable bonds is 4. The van der Waals surface area contributed by atoms with Gasteiger partial charge in [0.15, 0.2) is 11.6 Å². The van der Waals surface area contributed by atoms with Gasteiger partial charge in [-0.05, 0) is 44.9 Å². The third-order valence-electron chi connectivity index (χ3n) is 2.49. The minimum atomic E-state index is -1.00. The Morgan fingerprint density at radius 1 is 1.32 bits per heavy atom. The second-order valence-electron chi connectivity index (χ2n) is 5.53. The summed E-state index contributed by atoms with van der Waals surface area (Å²) >= 11 is 0. The van der Waals surface area contributed by atoms with Gasteiger partial charge in [-0.1, -0.05) is 6.07 Å². The van der Waals surface area contributed by atoms with E-state index < -0.39 is 17.7 Å². The van der Waals surface area contributed by atoms with Gasteiger partial charge in [-0.3, -0.25) is 4.79 Å². The van der Waals surface area contributed by atoms with Crippen LogP contribution in [0.1, 0.15) is 45.3 Å². The van der Waals surface area contributed by atoms with Gasteiger partial charge in [-0.15, -0.1) is 0 Å². The van der Waals surface area contributed by atoms with Crippen LogP contribution in [0.3, 0.4) is 0 Å². The lowest BCUT2D eigenvalue weighted by Crippen LogP contribution is -2.40. The van der Waals surface area contributed by atoms with Crippen molar-refractivity contribution in [2.75, 3.05) is 0 Å². The number of hydrogen-bond acceptors (Lipinski definition) is 2. The molecule has 0 saturated heterocycles. The third kappa shape index (κ3) is 5.34. The zero-order chi connectivity index (χ0) is 14.6. The molecule has 2 N–H and O–H groups in total. The van der Waals surface area contributed by atoms with Crippen LogP contribution in [0.5, 0.6) is 0 Å². The second kappa shape index (κ2) is 6.10. The number of aliphatic hydroxyl groups excluding tert-OH is 1. The molecule has 0 spiro atoms. The molecule has 106 valence electrons. The molecule has 1 amide bonds. The molecule has 1 unspecified atom stereocenters. The van der Waals surface area contributed by atoms with E-state index in [0.29, 0.717) is 0 Å². The minimum absolute atomic E-state index is 0.122. The predicted molar refractivity (Wildman–Crippen MR) is 68.4 cm³/mol. The average Bonchev–Trinajstić information content (AvgIpc) is 2.27. The molecule has 1 atom stereocenters. The summed E-state index contributed by atoms with van der Waals surface area (Å²) in [5.74, 6) is -2.15. The number of amides is 1. The average molecular weight is 271 g/mol. The Morgan fingerprint density at radius 2 is 1.95 bits per heavy atom. The normalized spacial score (nSPS) is 13.2. The predicted octanol–water partition coefficient (Wildman–Crippen LogP) is 2.69. The van der Waals surface area contributed by atoms with Crippen molar-refractivity contribution in [1.29, 1.82) is 0 Å². The minimum Gasteiger partial charge on any atom is -0.388 e. The van der Waals surface area contributed by atoms with Crippen LogP contribution in [0.25, 0.3) is 0 Å². The Balaban J connectivity index is 2.53. The molecule has 0 fully saturated rings. The molecule has 0 aliphatic rings. The smallest absolute Gasteiger partial charge is 0.220 e. The van der Waals surface area contributed by atoms with E-state index in [1.54, 1.807) is 0 Å². The van der Waals surface area contributed by atoms with Gasteiger partial charge in [0.25, 0.3) is 0 Å². The van der Waals surface area contributed by atoms with E-state index in [1.807, 2.05) is 20.8 Å². The summed E-state index contributed by atoms with van der Waals surface area (Å²) < 4.78 is 25.7. The van der Waals surface area contributed by atoms with E-state index >= 15 is 0 Å². The summed E-state index contributed by atoms with van der Waals surface area (Å²) in [6, 6.07) is 3.22. The molecule has 0 aromatic heterocycles. The summed E-state index contributed by atoms with van der Waals surface area (Å²) in [4.78, 5) is 11.6. The van der Waals surface area contributed by atoms with Crippen molar-refractivity contribution in [2.45, 2.75) is 45.3 Å². The van der Waals surface area contributed by atoms with Gasteiger partial charge in [0.2, 0.25) is 5.91 Å². The summed E-state index contributed by atoms with van der Waals surface area (Å²) in [6.45, 7) is 5.57. The molecule has 0 saturated carbocycles. The fraction of sp³-hybridized carbons (Fsp3) is 0.500. The van der Waals surface area contributed by atoms with Crippen LogP contribution in [-0.4, -0.2) is 16.6 Å². The van der Waals surface area contributed by atoms with Crippen molar-refractivity contribution in [3.8, 4) is 0 Å². The van der Waals surface area contributed by atoms with Gasteiger partial charge in [0.1, 0.15) is 0 Å². The highest BCUT2D eigenvalue weighted by molar-refractivity contribution is 5.76. The zero-order valence-electron chi connectivity index (χ0n) is 11.3. The lowest BCUT2D eigenvalue weighted by molar-refractivity contribution is -0.123. The molecule has 0 aliphatic carbocycles. The van der Waals surface area contributed by atoms with Gasteiger partial charge in [0.05, 0.1) is 6.10 Å². The first-order valence-electron chi connectivity index (χ1n) is 6.13. The van der Waals surface area contributed by atoms with Crippen molar-refractivity contribution in [1.82, 2.24) is 5.32 Å². The van der Waals surface area contributed by atoms with E-state index in [2.05, 4.69) is 5.32 Å². The number of carbonyl (C=O) groups is 1. The van der Waals surface area contributed by atoms with Crippen molar-refractivity contribution in [3.63, 3.8) is 0 Å². The molecule has 1 rings (SSSR count). The Hall–Kier alpha value is -1.49. The van der Waals surface area contributed by atoms with Gasteiger partial charge >= 0.3 is 0 Å². The molecule has 3 nitrogen and oxygen atoms in total. The maximum absolute atomic E-state index is 13.0. The van der Waals surface area contributed by atoms with Gasteiger partial charge in [0, 0.05) is 12.0 Å². The highest BCUT2D eigenvalue weighted by atomic mass is 19.2. The molecule has 0 heterocycles. The lowest BCUT2D eigenvalue weighted by Gasteiger charge is -2.21. The summed E-state index contributed by atoms with van der Waals surface area (Å²) in [5.41, 5.74) is -0.0632. The van der Waals surface area contributed by atoms with Crippen molar-refractivity contribution in [3.05, 3.63) is 35.4 Å². The first-order chi connectivity index (χ1) is 8.69. The molecule has 0 radical (unpaired) electrons. The first kappa shape index (κ1) is 15.6. The van der Waals surface area contributed by atoms with Crippen LogP contribution in [-0.2, 0) is 4.79 Å². The summed E-state index contributed by atoms with van der Waals surface area (Å²) in [5, 5.41) is 12.6. The monoisotopic (exact) mass is 271 g/mol. The van der Waals surface area contributed by atoms with Gasteiger partial charge in [-0.2, -0.15) is 0 Å². The fourth-order valence-electron chi connectivity index (χ4n) is 1.63. The second-order valence-corrected chi connectivity index (χ2v) is 5.53. The molecule has 1 aromatic carbocycles. The van der Waals surface area contributed by atoms with E-state index in [9.17, 15) is 18.7 Å². The molecule has 5 heteroatoms. The van der Waals surface area contributed by atoms with Crippen molar-refractivity contribution in [2.24, 2.45) is 0 Å². The zero-order valence-corrected chi connectivity index (χ0v) is 11.3. The Morgan fingerprint density at radius 3 is 2.47 bits per heavy atom. The molecule has 19 heavy (non-hydrogen) atoms. The molecule has 0 aliphatic heterocycles. The molecular formula is C14H19F2NO2. The highest BCUT2D eigenvalue weighted by Gasteiger charge is 2.16. The number of hydrogen-bond donors (Lipinski definition) is 2.